The van der Waals surface area contributed by atoms with Crippen molar-refractivity contribution in [3.63, 3.8) is 0 Å². The number of halogens is 1. The summed E-state index contributed by atoms with van der Waals surface area (Å²) in [5.74, 6) is 0.157. The van der Waals surface area contributed by atoms with E-state index in [4.69, 9.17) is 16.3 Å². The normalized spacial score (nSPS) is 10.4. The summed E-state index contributed by atoms with van der Waals surface area (Å²) in [6.45, 7) is 4.21. The predicted octanol–water partition coefficient (Wildman–Crippen LogP) is 5.83. The number of aryl methyl sites for hydroxylation is 1. The molecule has 0 aliphatic heterocycles. The molecule has 0 unspecified atom stereocenters. The van der Waals surface area contributed by atoms with E-state index in [9.17, 15) is 9.59 Å². The fraction of sp³-hybridized carbons (Fsp3) is 0.167. The van der Waals surface area contributed by atoms with Crippen LogP contribution in [0.1, 0.15) is 34.8 Å². The van der Waals surface area contributed by atoms with Crippen LogP contribution in [-0.4, -0.2) is 11.8 Å². The SMILES string of the molecule is CCC(=O)Nc1ccc(Cl)c(NC(=O)c2cccc(OCc3cccc(C)c3)c2)c1. The number of rotatable bonds is 7. The molecule has 0 saturated heterocycles. The van der Waals surface area contributed by atoms with Gasteiger partial charge in [0.2, 0.25) is 5.91 Å². The molecule has 0 fully saturated rings. The molecular weight excluding hydrogens is 400 g/mol. The number of carbonyl (C=O) groups is 2. The Bertz CT molecular complexity index is 1070. The highest BCUT2D eigenvalue weighted by atomic mass is 35.5. The average Bonchev–Trinajstić information content (AvgIpc) is 2.74. The molecule has 0 saturated carbocycles. The molecule has 0 bridgehead atoms. The van der Waals surface area contributed by atoms with Crippen molar-refractivity contribution in [2.75, 3.05) is 10.6 Å². The number of hydrogen-bond acceptors (Lipinski definition) is 3. The monoisotopic (exact) mass is 422 g/mol. The van der Waals surface area contributed by atoms with Crippen LogP contribution >= 0.6 is 11.6 Å². The first-order valence-electron chi connectivity index (χ1n) is 9.64. The second-order valence-corrected chi connectivity index (χ2v) is 7.26. The zero-order valence-corrected chi connectivity index (χ0v) is 17.6. The molecule has 30 heavy (non-hydrogen) atoms. The smallest absolute Gasteiger partial charge is 0.255 e. The number of benzene rings is 3. The second kappa shape index (κ2) is 9.94. The van der Waals surface area contributed by atoms with Crippen LogP contribution in [0.25, 0.3) is 0 Å². The Hall–Kier alpha value is -3.31. The highest BCUT2D eigenvalue weighted by Gasteiger charge is 2.11. The third-order valence-corrected chi connectivity index (χ3v) is 4.73. The van der Waals surface area contributed by atoms with E-state index in [1.165, 1.54) is 5.56 Å². The Morgan fingerprint density at radius 2 is 1.77 bits per heavy atom. The summed E-state index contributed by atoms with van der Waals surface area (Å²) in [6, 6.07) is 20.0. The van der Waals surface area contributed by atoms with Gasteiger partial charge >= 0.3 is 0 Å². The zero-order chi connectivity index (χ0) is 21.5. The van der Waals surface area contributed by atoms with Crippen molar-refractivity contribution in [1.29, 1.82) is 0 Å². The Morgan fingerprint density at radius 3 is 2.53 bits per heavy atom. The maximum atomic E-state index is 12.7. The van der Waals surface area contributed by atoms with E-state index >= 15 is 0 Å². The predicted molar refractivity (Wildman–Crippen MR) is 120 cm³/mol. The van der Waals surface area contributed by atoms with Gasteiger partial charge in [-0.2, -0.15) is 0 Å². The van der Waals surface area contributed by atoms with Crippen molar-refractivity contribution in [2.45, 2.75) is 26.9 Å². The maximum absolute atomic E-state index is 12.7. The quantitative estimate of drug-likeness (QED) is 0.503. The first-order chi connectivity index (χ1) is 14.4. The van der Waals surface area contributed by atoms with Crippen molar-refractivity contribution >= 4 is 34.8 Å². The summed E-state index contributed by atoms with van der Waals surface area (Å²) in [5, 5.41) is 5.92. The van der Waals surface area contributed by atoms with Gasteiger partial charge in [0.25, 0.3) is 5.91 Å². The molecule has 154 valence electrons. The van der Waals surface area contributed by atoms with Crippen LogP contribution in [-0.2, 0) is 11.4 Å². The lowest BCUT2D eigenvalue weighted by Crippen LogP contribution is -2.13. The molecule has 3 aromatic rings. The zero-order valence-electron chi connectivity index (χ0n) is 16.9. The molecule has 0 spiro atoms. The van der Waals surface area contributed by atoms with Crippen LogP contribution < -0.4 is 15.4 Å². The highest BCUT2D eigenvalue weighted by Crippen LogP contribution is 2.26. The minimum atomic E-state index is -0.322. The van der Waals surface area contributed by atoms with E-state index in [0.717, 1.165) is 5.56 Å². The van der Waals surface area contributed by atoms with Crippen molar-refractivity contribution < 1.29 is 14.3 Å². The van der Waals surface area contributed by atoms with Crippen LogP contribution in [0.2, 0.25) is 5.02 Å². The van der Waals surface area contributed by atoms with Gasteiger partial charge in [-0.15, -0.1) is 0 Å². The molecule has 2 amide bonds. The van der Waals surface area contributed by atoms with E-state index in [2.05, 4.69) is 16.7 Å². The van der Waals surface area contributed by atoms with Gasteiger partial charge in [0, 0.05) is 17.7 Å². The van der Waals surface area contributed by atoms with E-state index in [1.54, 1.807) is 49.4 Å². The van der Waals surface area contributed by atoms with Crippen molar-refractivity contribution in [1.82, 2.24) is 0 Å². The Kier molecular flexibility index (Phi) is 7.09. The lowest BCUT2D eigenvalue weighted by atomic mass is 10.1. The molecule has 0 aromatic heterocycles. The van der Waals surface area contributed by atoms with E-state index in [0.29, 0.717) is 40.7 Å². The average molecular weight is 423 g/mol. The summed E-state index contributed by atoms with van der Waals surface area (Å²) in [4.78, 5) is 24.3. The number of hydrogen-bond donors (Lipinski definition) is 2. The van der Waals surface area contributed by atoms with E-state index in [1.807, 2.05) is 25.1 Å². The first kappa shape index (κ1) is 21.4. The maximum Gasteiger partial charge on any atom is 0.255 e. The summed E-state index contributed by atoms with van der Waals surface area (Å²) in [6.07, 6.45) is 0.361. The molecule has 0 aliphatic carbocycles. The molecule has 5 nitrogen and oxygen atoms in total. The molecule has 3 aromatic carbocycles. The van der Waals surface area contributed by atoms with Gasteiger partial charge < -0.3 is 15.4 Å². The van der Waals surface area contributed by atoms with Gasteiger partial charge in [-0.1, -0.05) is 54.4 Å². The van der Waals surface area contributed by atoms with E-state index in [-0.39, 0.29) is 11.8 Å². The number of nitrogens with one attached hydrogen (secondary N) is 2. The van der Waals surface area contributed by atoms with Gasteiger partial charge in [0.05, 0.1) is 10.7 Å². The van der Waals surface area contributed by atoms with Crippen LogP contribution in [0.3, 0.4) is 0 Å². The first-order valence-corrected chi connectivity index (χ1v) is 10.0. The van der Waals surface area contributed by atoms with Gasteiger partial charge in [-0.05, 0) is 48.9 Å². The standard InChI is InChI=1S/C24H23ClN2O3/c1-3-23(28)26-19-10-11-21(25)22(14-19)27-24(29)18-8-5-9-20(13-18)30-15-17-7-4-6-16(2)12-17/h4-14H,3,15H2,1-2H3,(H,26,28)(H,27,29). The van der Waals surface area contributed by atoms with Gasteiger partial charge in [0.15, 0.2) is 0 Å². The van der Waals surface area contributed by atoms with Crippen LogP contribution in [0.15, 0.2) is 66.7 Å². The molecule has 0 radical (unpaired) electrons. The molecule has 6 heteroatoms. The van der Waals surface area contributed by atoms with Crippen molar-refractivity contribution in [2.24, 2.45) is 0 Å². The Labute approximate surface area is 181 Å². The molecular formula is C24H23ClN2O3. The minimum absolute atomic E-state index is 0.118. The summed E-state index contributed by atoms with van der Waals surface area (Å²) in [5.41, 5.74) is 3.65. The van der Waals surface area contributed by atoms with Crippen LogP contribution in [0.4, 0.5) is 11.4 Å². The fourth-order valence-corrected chi connectivity index (χ4v) is 3.00. The lowest BCUT2D eigenvalue weighted by Gasteiger charge is -2.12. The van der Waals surface area contributed by atoms with Gasteiger partial charge in [-0.25, -0.2) is 0 Å². The largest absolute Gasteiger partial charge is 0.489 e. The van der Waals surface area contributed by atoms with Crippen LogP contribution in [0.5, 0.6) is 5.75 Å². The summed E-state index contributed by atoms with van der Waals surface area (Å²) < 4.78 is 5.83. The molecule has 0 aliphatic rings. The third kappa shape index (κ3) is 5.84. The number of amides is 2. The second-order valence-electron chi connectivity index (χ2n) is 6.86. The topological polar surface area (TPSA) is 67.4 Å². The summed E-state index contributed by atoms with van der Waals surface area (Å²) in [7, 11) is 0. The lowest BCUT2D eigenvalue weighted by molar-refractivity contribution is -0.115. The van der Waals surface area contributed by atoms with Crippen molar-refractivity contribution in [3.8, 4) is 5.75 Å². The van der Waals surface area contributed by atoms with Crippen molar-refractivity contribution in [3.05, 3.63) is 88.4 Å². The Morgan fingerprint density at radius 1 is 0.967 bits per heavy atom. The number of carbonyl (C=O) groups excluding carboxylic acids is 2. The molecule has 0 atom stereocenters. The molecule has 3 rings (SSSR count). The Balaban J connectivity index is 1.69. The molecule has 0 heterocycles. The van der Waals surface area contributed by atoms with Crippen LogP contribution in [0, 0.1) is 6.92 Å². The number of anilines is 2. The third-order valence-electron chi connectivity index (χ3n) is 4.40. The van der Waals surface area contributed by atoms with Gasteiger partial charge in [0.1, 0.15) is 12.4 Å². The highest BCUT2D eigenvalue weighted by molar-refractivity contribution is 6.34. The van der Waals surface area contributed by atoms with E-state index < -0.39 is 0 Å². The minimum Gasteiger partial charge on any atom is -0.489 e. The van der Waals surface area contributed by atoms with Gasteiger partial charge in [-0.3, -0.25) is 9.59 Å². The molecule has 2 N–H and O–H groups in total. The fourth-order valence-electron chi connectivity index (χ4n) is 2.84. The number of ether oxygens (including phenoxy) is 1. The summed E-state index contributed by atoms with van der Waals surface area (Å²) >= 11 is 6.21.